The van der Waals surface area contributed by atoms with Crippen molar-refractivity contribution in [3.63, 3.8) is 0 Å². The molecule has 1 aromatic heterocycles. The number of rotatable bonds is 8. The summed E-state index contributed by atoms with van der Waals surface area (Å²) in [5.74, 6) is 1.98. The van der Waals surface area contributed by atoms with Crippen LogP contribution < -0.4 is 10.6 Å². The van der Waals surface area contributed by atoms with Crippen LogP contribution in [0.4, 0.5) is 6.01 Å². The number of anilines is 1. The second-order valence-corrected chi connectivity index (χ2v) is 6.40. The predicted molar refractivity (Wildman–Crippen MR) is 75.8 cm³/mol. The molecule has 1 heterocycles. The lowest BCUT2D eigenvalue weighted by molar-refractivity contribution is 0.374. The van der Waals surface area contributed by atoms with E-state index in [0.717, 1.165) is 13.1 Å². The van der Waals surface area contributed by atoms with E-state index in [4.69, 9.17) is 4.42 Å². The fraction of sp³-hybridized carbons (Fsp3) is 0.857. The van der Waals surface area contributed by atoms with Gasteiger partial charge < -0.3 is 15.1 Å². The molecule has 1 aliphatic carbocycles. The molecule has 2 N–H and O–H groups in total. The molecule has 1 aliphatic rings. The number of nitrogens with zero attached hydrogens (tertiary/aromatic N) is 2. The summed E-state index contributed by atoms with van der Waals surface area (Å²) in [6.45, 7) is 11.5. The van der Waals surface area contributed by atoms with Gasteiger partial charge in [-0.2, -0.15) is 0 Å². The van der Waals surface area contributed by atoms with Crippen molar-refractivity contribution in [2.45, 2.75) is 47.1 Å². The maximum absolute atomic E-state index is 5.57. The Bertz CT molecular complexity index is 396. The van der Waals surface area contributed by atoms with E-state index in [9.17, 15) is 0 Å². The Kier molecular flexibility index (Phi) is 4.45. The summed E-state index contributed by atoms with van der Waals surface area (Å²) < 4.78 is 5.57. The molecule has 19 heavy (non-hydrogen) atoms. The third-order valence-corrected chi connectivity index (χ3v) is 4.00. The van der Waals surface area contributed by atoms with Gasteiger partial charge in [-0.25, -0.2) is 0 Å². The Labute approximate surface area is 115 Å². The third kappa shape index (κ3) is 3.93. The van der Waals surface area contributed by atoms with Gasteiger partial charge in [-0.1, -0.05) is 32.8 Å². The largest absolute Gasteiger partial charge is 0.407 e. The van der Waals surface area contributed by atoms with Crippen LogP contribution in [-0.2, 0) is 6.54 Å². The molecule has 0 aromatic carbocycles. The molecule has 1 saturated carbocycles. The van der Waals surface area contributed by atoms with E-state index in [1.807, 2.05) is 0 Å². The van der Waals surface area contributed by atoms with E-state index in [1.54, 1.807) is 0 Å². The van der Waals surface area contributed by atoms with Crippen LogP contribution in [0.3, 0.4) is 0 Å². The first-order valence-corrected chi connectivity index (χ1v) is 7.29. The van der Waals surface area contributed by atoms with E-state index >= 15 is 0 Å². The lowest BCUT2D eigenvalue weighted by Crippen LogP contribution is -2.21. The number of hydrogen-bond acceptors (Lipinski definition) is 5. The van der Waals surface area contributed by atoms with Crippen LogP contribution in [0, 0.1) is 17.3 Å². The molecular weight excluding hydrogens is 240 g/mol. The summed E-state index contributed by atoms with van der Waals surface area (Å²) in [6.07, 6.45) is 2.60. The maximum atomic E-state index is 5.57. The van der Waals surface area contributed by atoms with E-state index in [0.29, 0.717) is 35.7 Å². The SMILES string of the molecule is CC(C)CNCc1nnc(NCC2(C(C)C)CC2)o1. The topological polar surface area (TPSA) is 63.0 Å². The Morgan fingerprint density at radius 1 is 1.21 bits per heavy atom. The summed E-state index contributed by atoms with van der Waals surface area (Å²) >= 11 is 0. The molecule has 5 heteroatoms. The van der Waals surface area contributed by atoms with Crippen molar-refractivity contribution in [2.24, 2.45) is 17.3 Å². The molecule has 0 amide bonds. The second kappa shape index (κ2) is 5.90. The summed E-state index contributed by atoms with van der Waals surface area (Å²) in [4.78, 5) is 0. The van der Waals surface area contributed by atoms with Gasteiger partial charge >= 0.3 is 6.01 Å². The third-order valence-electron chi connectivity index (χ3n) is 4.00. The fourth-order valence-corrected chi connectivity index (χ4v) is 2.23. The van der Waals surface area contributed by atoms with Gasteiger partial charge in [0.05, 0.1) is 6.54 Å². The fourth-order valence-electron chi connectivity index (χ4n) is 2.23. The quantitative estimate of drug-likeness (QED) is 0.757. The van der Waals surface area contributed by atoms with Crippen LogP contribution in [0.25, 0.3) is 0 Å². The average Bonchev–Trinajstić information content (AvgIpc) is 3.01. The molecule has 1 aromatic rings. The van der Waals surface area contributed by atoms with Gasteiger partial charge in [0, 0.05) is 6.54 Å². The van der Waals surface area contributed by atoms with Crippen LogP contribution in [0.5, 0.6) is 0 Å². The zero-order valence-corrected chi connectivity index (χ0v) is 12.5. The van der Waals surface area contributed by atoms with Gasteiger partial charge in [-0.05, 0) is 36.6 Å². The van der Waals surface area contributed by atoms with Crippen molar-refractivity contribution in [3.8, 4) is 0 Å². The van der Waals surface area contributed by atoms with E-state index in [2.05, 4.69) is 48.5 Å². The highest BCUT2D eigenvalue weighted by Crippen LogP contribution is 2.51. The highest BCUT2D eigenvalue weighted by atomic mass is 16.4. The Balaban J connectivity index is 1.75. The normalized spacial score (nSPS) is 17.2. The minimum absolute atomic E-state index is 0.449. The predicted octanol–water partition coefficient (Wildman–Crippen LogP) is 2.66. The summed E-state index contributed by atoms with van der Waals surface area (Å²) in [5, 5.41) is 14.6. The first-order chi connectivity index (χ1) is 9.02. The van der Waals surface area contributed by atoms with Gasteiger partial charge in [0.1, 0.15) is 0 Å². The second-order valence-electron chi connectivity index (χ2n) is 6.40. The zero-order valence-electron chi connectivity index (χ0n) is 12.5. The minimum Gasteiger partial charge on any atom is -0.407 e. The van der Waals surface area contributed by atoms with Crippen molar-refractivity contribution in [1.29, 1.82) is 0 Å². The summed E-state index contributed by atoms with van der Waals surface area (Å²) in [6, 6.07) is 0.549. The average molecular weight is 266 g/mol. The van der Waals surface area contributed by atoms with Crippen molar-refractivity contribution < 1.29 is 4.42 Å². The van der Waals surface area contributed by atoms with E-state index < -0.39 is 0 Å². The molecule has 0 spiro atoms. The minimum atomic E-state index is 0.449. The molecule has 2 rings (SSSR count). The van der Waals surface area contributed by atoms with E-state index in [1.165, 1.54) is 12.8 Å². The van der Waals surface area contributed by atoms with Gasteiger partial charge in [0.2, 0.25) is 5.89 Å². The van der Waals surface area contributed by atoms with Gasteiger partial charge in [-0.3, -0.25) is 0 Å². The van der Waals surface area contributed by atoms with E-state index in [-0.39, 0.29) is 0 Å². The molecule has 0 unspecified atom stereocenters. The summed E-state index contributed by atoms with van der Waals surface area (Å²) in [7, 11) is 0. The highest BCUT2D eigenvalue weighted by molar-refractivity contribution is 5.20. The zero-order chi connectivity index (χ0) is 13.9. The molecule has 0 atom stereocenters. The smallest absolute Gasteiger partial charge is 0.315 e. The van der Waals surface area contributed by atoms with Crippen molar-refractivity contribution >= 4 is 6.01 Å². The van der Waals surface area contributed by atoms with Crippen molar-refractivity contribution in [3.05, 3.63) is 5.89 Å². The molecule has 0 radical (unpaired) electrons. The maximum Gasteiger partial charge on any atom is 0.315 e. The lowest BCUT2D eigenvalue weighted by Gasteiger charge is -2.18. The number of aromatic nitrogens is 2. The monoisotopic (exact) mass is 266 g/mol. The molecule has 0 saturated heterocycles. The standard InChI is InChI=1S/C14H26N4O/c1-10(2)7-15-8-12-17-18-13(19-12)16-9-14(5-6-14)11(3)4/h10-11,15H,5-9H2,1-4H3,(H,16,18). The van der Waals surface area contributed by atoms with Crippen molar-refractivity contribution in [1.82, 2.24) is 15.5 Å². The number of hydrogen-bond donors (Lipinski definition) is 2. The van der Waals surface area contributed by atoms with Gasteiger partial charge in [0.15, 0.2) is 0 Å². The summed E-state index contributed by atoms with van der Waals surface area (Å²) in [5.41, 5.74) is 0.449. The molecule has 5 nitrogen and oxygen atoms in total. The van der Waals surface area contributed by atoms with Crippen LogP contribution >= 0.6 is 0 Å². The molecule has 1 fully saturated rings. The number of nitrogens with one attached hydrogen (secondary N) is 2. The Morgan fingerprint density at radius 2 is 1.95 bits per heavy atom. The first-order valence-electron chi connectivity index (χ1n) is 7.29. The first kappa shape index (κ1) is 14.3. The van der Waals surface area contributed by atoms with Gasteiger partial charge in [0.25, 0.3) is 0 Å². The Morgan fingerprint density at radius 3 is 2.53 bits per heavy atom. The molecule has 108 valence electrons. The molecule has 0 aliphatic heterocycles. The molecule has 0 bridgehead atoms. The lowest BCUT2D eigenvalue weighted by atomic mass is 9.92. The molecular formula is C14H26N4O. The van der Waals surface area contributed by atoms with Crippen LogP contribution in [0.1, 0.15) is 46.4 Å². The van der Waals surface area contributed by atoms with Crippen LogP contribution in [-0.4, -0.2) is 23.3 Å². The van der Waals surface area contributed by atoms with Crippen molar-refractivity contribution in [2.75, 3.05) is 18.4 Å². The van der Waals surface area contributed by atoms with Crippen LogP contribution in [0.2, 0.25) is 0 Å². The van der Waals surface area contributed by atoms with Crippen LogP contribution in [0.15, 0.2) is 4.42 Å². The van der Waals surface area contributed by atoms with Gasteiger partial charge in [-0.15, -0.1) is 5.10 Å². The highest BCUT2D eigenvalue weighted by Gasteiger charge is 2.45. The Hall–Kier alpha value is -1.10.